The molecule has 0 radical (unpaired) electrons. The monoisotopic (exact) mass is 315 g/mol. The fraction of sp³-hybridized carbons (Fsp3) is 0.500. The first-order valence-electron chi connectivity index (χ1n) is 8.10. The van der Waals surface area contributed by atoms with Crippen molar-refractivity contribution in [3.05, 3.63) is 46.8 Å². The van der Waals surface area contributed by atoms with Crippen LogP contribution in [0.5, 0.6) is 5.75 Å². The van der Waals surface area contributed by atoms with E-state index < -0.39 is 5.60 Å². The smallest absolute Gasteiger partial charge is 0.122 e. The fourth-order valence-corrected chi connectivity index (χ4v) is 3.15. The number of H-pyrrole nitrogens is 1. The molecule has 0 saturated carbocycles. The molecule has 5 heteroatoms. The molecule has 0 bridgehead atoms. The van der Waals surface area contributed by atoms with Crippen molar-refractivity contribution in [3.8, 4) is 5.75 Å². The van der Waals surface area contributed by atoms with Crippen LogP contribution in [-0.4, -0.2) is 45.5 Å². The van der Waals surface area contributed by atoms with Gasteiger partial charge in [-0.3, -0.25) is 10.00 Å². The number of likely N-dealkylation sites (tertiary alicyclic amines) is 1. The molecule has 2 aromatic rings. The minimum atomic E-state index is -0.784. The Morgan fingerprint density at radius 3 is 2.78 bits per heavy atom. The maximum absolute atomic E-state index is 10.8. The molecule has 23 heavy (non-hydrogen) atoms. The number of hydrogen-bond donors (Lipinski definition) is 2. The second kappa shape index (κ2) is 6.34. The Labute approximate surface area is 137 Å². The number of hydrogen-bond acceptors (Lipinski definition) is 4. The van der Waals surface area contributed by atoms with Crippen molar-refractivity contribution < 1.29 is 9.84 Å². The van der Waals surface area contributed by atoms with Crippen molar-refractivity contribution in [3.63, 3.8) is 0 Å². The van der Waals surface area contributed by atoms with Crippen molar-refractivity contribution in [2.75, 3.05) is 19.7 Å². The lowest BCUT2D eigenvalue weighted by Crippen LogP contribution is -2.39. The number of rotatable bonds is 5. The summed E-state index contributed by atoms with van der Waals surface area (Å²) in [5, 5.41) is 18.1. The summed E-state index contributed by atoms with van der Waals surface area (Å²) in [5.41, 5.74) is 3.68. The predicted octanol–water partition coefficient (Wildman–Crippen LogP) is 2.35. The van der Waals surface area contributed by atoms with E-state index in [4.69, 9.17) is 4.74 Å². The minimum absolute atomic E-state index is 0.331. The lowest BCUT2D eigenvalue weighted by molar-refractivity contribution is 0.00317. The summed E-state index contributed by atoms with van der Waals surface area (Å²) in [6.07, 6.45) is 0.731. The van der Waals surface area contributed by atoms with Crippen molar-refractivity contribution in [1.29, 1.82) is 0 Å². The summed E-state index contributed by atoms with van der Waals surface area (Å²) in [6.45, 7) is 8.73. The first kappa shape index (κ1) is 16.0. The van der Waals surface area contributed by atoms with E-state index in [0.29, 0.717) is 13.2 Å². The second-order valence-electron chi connectivity index (χ2n) is 6.65. The Morgan fingerprint density at radius 2 is 2.09 bits per heavy atom. The molecular formula is C18H25N3O2. The van der Waals surface area contributed by atoms with Crippen LogP contribution in [0.4, 0.5) is 0 Å². The highest BCUT2D eigenvalue weighted by Gasteiger charge is 2.37. The van der Waals surface area contributed by atoms with Gasteiger partial charge in [0, 0.05) is 30.9 Å². The van der Waals surface area contributed by atoms with E-state index in [0.717, 1.165) is 42.2 Å². The summed E-state index contributed by atoms with van der Waals surface area (Å²) >= 11 is 0. The van der Waals surface area contributed by atoms with Gasteiger partial charge in [0.15, 0.2) is 0 Å². The number of aryl methyl sites for hydroxylation is 3. The highest BCUT2D eigenvalue weighted by molar-refractivity contribution is 5.31. The maximum Gasteiger partial charge on any atom is 0.122 e. The number of para-hydroxylation sites is 1. The number of aliphatic hydroxyl groups is 1. The number of nitrogens with one attached hydrogen (secondary N) is 1. The van der Waals surface area contributed by atoms with Gasteiger partial charge in [-0.2, -0.15) is 5.10 Å². The highest BCUT2D eigenvalue weighted by atomic mass is 16.5. The maximum atomic E-state index is 10.8. The molecule has 5 nitrogen and oxygen atoms in total. The summed E-state index contributed by atoms with van der Waals surface area (Å²) in [5.74, 6) is 0.848. The molecule has 1 aliphatic heterocycles. The van der Waals surface area contributed by atoms with E-state index in [2.05, 4.69) is 15.1 Å². The van der Waals surface area contributed by atoms with E-state index in [1.54, 1.807) is 0 Å². The molecule has 1 saturated heterocycles. The Kier molecular flexibility index (Phi) is 4.41. The molecule has 2 heterocycles. The molecular weight excluding hydrogens is 290 g/mol. The molecule has 3 rings (SSSR count). The van der Waals surface area contributed by atoms with Crippen molar-refractivity contribution in [2.24, 2.45) is 0 Å². The Balaban J connectivity index is 1.59. The zero-order valence-corrected chi connectivity index (χ0v) is 14.1. The number of aromatic amines is 1. The summed E-state index contributed by atoms with van der Waals surface area (Å²) in [4.78, 5) is 2.27. The van der Waals surface area contributed by atoms with Crippen LogP contribution in [0.15, 0.2) is 24.3 Å². The Morgan fingerprint density at radius 1 is 1.30 bits per heavy atom. The van der Waals surface area contributed by atoms with Gasteiger partial charge in [-0.1, -0.05) is 18.2 Å². The van der Waals surface area contributed by atoms with Gasteiger partial charge in [-0.25, -0.2) is 0 Å². The van der Waals surface area contributed by atoms with E-state index >= 15 is 0 Å². The molecule has 0 amide bonds. The van der Waals surface area contributed by atoms with E-state index in [9.17, 15) is 5.11 Å². The molecule has 0 spiro atoms. The molecule has 1 aliphatic rings. The van der Waals surface area contributed by atoms with Gasteiger partial charge in [-0.05, 0) is 38.8 Å². The average Bonchev–Trinajstić information content (AvgIpc) is 3.05. The van der Waals surface area contributed by atoms with E-state index in [1.165, 1.54) is 5.56 Å². The standard InChI is InChI=1S/C18H25N3O2/c1-13-6-4-5-7-17(13)23-12-18(22)8-9-21(11-18)10-16-14(2)19-20-15(16)3/h4-7,22H,8-12H2,1-3H3,(H,19,20)/t18-/m0/s1. The lowest BCUT2D eigenvalue weighted by Gasteiger charge is -2.24. The molecule has 1 fully saturated rings. The highest BCUT2D eigenvalue weighted by Crippen LogP contribution is 2.26. The Bertz CT molecular complexity index is 663. The van der Waals surface area contributed by atoms with Crippen molar-refractivity contribution in [1.82, 2.24) is 15.1 Å². The number of β-amino-alcohol motifs (C(OH)–C–C–N with tert-alkyl or cyclic N) is 1. The van der Waals surface area contributed by atoms with Crippen molar-refractivity contribution in [2.45, 2.75) is 39.3 Å². The number of aromatic nitrogens is 2. The predicted molar refractivity (Wildman–Crippen MR) is 89.6 cm³/mol. The normalized spacial score (nSPS) is 21.7. The van der Waals surface area contributed by atoms with Gasteiger partial charge in [0.25, 0.3) is 0 Å². The average molecular weight is 315 g/mol. The third-order valence-corrected chi connectivity index (χ3v) is 4.66. The van der Waals surface area contributed by atoms with Gasteiger partial charge in [-0.15, -0.1) is 0 Å². The van der Waals surface area contributed by atoms with Crippen LogP contribution in [0.2, 0.25) is 0 Å². The minimum Gasteiger partial charge on any atom is -0.490 e. The third kappa shape index (κ3) is 3.57. The molecule has 1 aromatic heterocycles. The van der Waals surface area contributed by atoms with Crippen LogP contribution in [0.1, 0.15) is 28.9 Å². The van der Waals surface area contributed by atoms with Crippen LogP contribution in [0.3, 0.4) is 0 Å². The van der Waals surface area contributed by atoms with E-state index in [-0.39, 0.29) is 0 Å². The van der Waals surface area contributed by atoms with Gasteiger partial charge in [0.2, 0.25) is 0 Å². The van der Waals surface area contributed by atoms with E-state index in [1.807, 2.05) is 45.0 Å². The molecule has 0 unspecified atom stereocenters. The third-order valence-electron chi connectivity index (χ3n) is 4.66. The summed E-state index contributed by atoms with van der Waals surface area (Å²) < 4.78 is 5.86. The first-order valence-corrected chi connectivity index (χ1v) is 8.10. The lowest BCUT2D eigenvalue weighted by atomic mass is 10.1. The topological polar surface area (TPSA) is 61.4 Å². The number of nitrogens with zero attached hydrogens (tertiary/aromatic N) is 2. The van der Waals surface area contributed by atoms with Crippen LogP contribution in [0.25, 0.3) is 0 Å². The summed E-state index contributed by atoms with van der Waals surface area (Å²) in [7, 11) is 0. The molecule has 1 atom stereocenters. The molecule has 0 aliphatic carbocycles. The first-order chi connectivity index (χ1) is 11.0. The SMILES string of the molecule is Cc1ccccc1OC[C@]1(O)CCN(Cc2c(C)n[nH]c2C)C1. The van der Waals surface area contributed by atoms with Gasteiger partial charge in [0.05, 0.1) is 5.69 Å². The van der Waals surface area contributed by atoms with Crippen LogP contribution in [-0.2, 0) is 6.54 Å². The van der Waals surface area contributed by atoms with Gasteiger partial charge in [0.1, 0.15) is 18.0 Å². The number of ether oxygens (including phenoxy) is 1. The zero-order valence-electron chi connectivity index (χ0n) is 14.1. The quantitative estimate of drug-likeness (QED) is 0.889. The fourth-order valence-electron chi connectivity index (χ4n) is 3.15. The van der Waals surface area contributed by atoms with Crippen molar-refractivity contribution >= 4 is 0 Å². The molecule has 2 N–H and O–H groups in total. The zero-order chi connectivity index (χ0) is 16.4. The summed E-state index contributed by atoms with van der Waals surface area (Å²) in [6, 6.07) is 7.91. The molecule has 1 aromatic carbocycles. The van der Waals surface area contributed by atoms with Gasteiger partial charge < -0.3 is 9.84 Å². The Hall–Kier alpha value is -1.85. The van der Waals surface area contributed by atoms with Crippen LogP contribution < -0.4 is 4.74 Å². The second-order valence-corrected chi connectivity index (χ2v) is 6.65. The number of benzene rings is 1. The molecule has 124 valence electrons. The van der Waals surface area contributed by atoms with Crippen LogP contribution >= 0.6 is 0 Å². The van der Waals surface area contributed by atoms with Gasteiger partial charge >= 0.3 is 0 Å². The largest absolute Gasteiger partial charge is 0.490 e. The van der Waals surface area contributed by atoms with Crippen LogP contribution in [0, 0.1) is 20.8 Å².